The number of aliphatic hydroxyl groups excluding tert-OH is 1. The lowest BCUT2D eigenvalue weighted by molar-refractivity contribution is -0.342. The zero-order valence-electron chi connectivity index (χ0n) is 45.3. The monoisotopic (exact) mass is 1100 g/mol. The standard InChI is InChI=1S/C58H71N3O18/c1-34-41(77-54(70)49(78-45(66)23-22-44(65)60-25-27-73-29-28-72-26-24-59)47(37-16-10-7-11-17-37)61-52(68)38-18-12-8-13-19-38)31-58(71)40(32-74-53(69)39-20-14-9-15-21-39)50-56(6,42(64)30-43-57(50,33-75-43)79-36(3)63)51(67)48(76-35(2)62)46(34)55(58,4)5/h7-21,40-43,47-50,64,71H,22-33,59H2,1-6H3,(H,60,65)(H,61,68)/t40?,41?,42-,43+,47?,48+,49?,50?,56+,57-,58+/m0/s1. The van der Waals surface area contributed by atoms with E-state index in [-0.39, 0.29) is 61.5 Å². The normalized spacial score (nSPS) is 27.4. The third-order valence-electron chi connectivity index (χ3n) is 15.9. The van der Waals surface area contributed by atoms with Crippen LogP contribution in [0.15, 0.2) is 102 Å². The summed E-state index contributed by atoms with van der Waals surface area (Å²) in [6, 6.07) is 22.7. The van der Waals surface area contributed by atoms with Gasteiger partial charge in [0, 0.05) is 69.0 Å². The van der Waals surface area contributed by atoms with Gasteiger partial charge in [0.25, 0.3) is 5.91 Å². The Kier molecular flexibility index (Phi) is 19.3. The summed E-state index contributed by atoms with van der Waals surface area (Å²) in [6.07, 6.45) is -9.71. The Bertz CT molecular complexity index is 2740. The van der Waals surface area contributed by atoms with Gasteiger partial charge < -0.3 is 64.5 Å². The molecule has 3 aromatic rings. The molecular weight excluding hydrogens is 1030 g/mol. The van der Waals surface area contributed by atoms with Crippen molar-refractivity contribution in [2.75, 3.05) is 52.7 Å². The van der Waals surface area contributed by atoms with Gasteiger partial charge in [0.15, 0.2) is 17.5 Å². The second kappa shape index (κ2) is 25.5. The predicted octanol–water partition coefficient (Wildman–Crippen LogP) is 3.42. The zero-order chi connectivity index (χ0) is 57.3. The first-order valence-corrected chi connectivity index (χ1v) is 26.4. The van der Waals surface area contributed by atoms with E-state index >= 15 is 9.59 Å². The molecule has 0 spiro atoms. The lowest BCUT2D eigenvalue weighted by Gasteiger charge is -2.68. The van der Waals surface area contributed by atoms with E-state index in [9.17, 15) is 39.0 Å². The summed E-state index contributed by atoms with van der Waals surface area (Å²) >= 11 is 0. The number of amides is 2. The molecule has 2 amide bonds. The van der Waals surface area contributed by atoms with E-state index in [1.807, 2.05) is 0 Å². The summed E-state index contributed by atoms with van der Waals surface area (Å²) < 4.78 is 47.3. The number of Topliss-reactive ketones (excluding diaryl/α,β-unsaturated/α-hetero) is 1. The molecule has 6 N–H and O–H groups in total. The summed E-state index contributed by atoms with van der Waals surface area (Å²) in [5, 5.41) is 31.8. The molecule has 0 radical (unpaired) electrons. The van der Waals surface area contributed by atoms with Crippen molar-refractivity contribution in [2.45, 2.75) is 115 Å². The van der Waals surface area contributed by atoms with Crippen molar-refractivity contribution in [2.24, 2.45) is 28.4 Å². The first-order chi connectivity index (χ1) is 37.6. The summed E-state index contributed by atoms with van der Waals surface area (Å²) in [5.74, 6) is -9.78. The fraction of sp³-hybridized carbons (Fsp3) is 0.517. The van der Waals surface area contributed by atoms with E-state index < -0.39 is 137 Å². The Morgan fingerprint density at radius 1 is 0.810 bits per heavy atom. The Hall–Kier alpha value is -6.88. The van der Waals surface area contributed by atoms with Gasteiger partial charge in [-0.15, -0.1) is 0 Å². The van der Waals surface area contributed by atoms with Crippen molar-refractivity contribution in [3.63, 3.8) is 0 Å². The van der Waals surface area contributed by atoms with Gasteiger partial charge in [-0.3, -0.25) is 28.8 Å². The summed E-state index contributed by atoms with van der Waals surface area (Å²) in [6.45, 7) is 8.98. The third kappa shape index (κ3) is 12.6. The third-order valence-corrected chi connectivity index (χ3v) is 15.9. The van der Waals surface area contributed by atoms with Crippen molar-refractivity contribution >= 4 is 47.4 Å². The number of hydrogen-bond acceptors (Lipinski definition) is 19. The van der Waals surface area contributed by atoms with E-state index in [0.29, 0.717) is 25.3 Å². The van der Waals surface area contributed by atoms with Crippen LogP contribution in [0.3, 0.4) is 0 Å². The van der Waals surface area contributed by atoms with Gasteiger partial charge in [-0.25, -0.2) is 9.59 Å². The van der Waals surface area contributed by atoms with Crippen LogP contribution in [-0.4, -0.2) is 152 Å². The fourth-order valence-corrected chi connectivity index (χ4v) is 11.9. The number of carbonyl (C=O) groups is 8. The quantitative estimate of drug-likeness (QED) is 0.0393. The van der Waals surface area contributed by atoms with Gasteiger partial charge in [0.05, 0.1) is 68.7 Å². The molecule has 1 heterocycles. The van der Waals surface area contributed by atoms with Gasteiger partial charge in [0.2, 0.25) is 12.0 Å². The number of fused-ring (bicyclic) bond motifs is 5. The minimum atomic E-state index is -2.32. The lowest BCUT2D eigenvalue weighted by Crippen LogP contribution is -2.80. The molecule has 1 saturated heterocycles. The Balaban J connectivity index is 1.31. The van der Waals surface area contributed by atoms with Gasteiger partial charge in [-0.05, 0) is 54.8 Å². The van der Waals surface area contributed by atoms with Crippen molar-refractivity contribution < 1.29 is 86.5 Å². The number of benzene rings is 3. The summed E-state index contributed by atoms with van der Waals surface area (Å²) in [4.78, 5) is 113. The average molecular weight is 1100 g/mol. The number of ketones is 1. The maximum atomic E-state index is 15.8. The first-order valence-electron chi connectivity index (χ1n) is 26.4. The maximum Gasteiger partial charge on any atom is 0.350 e. The van der Waals surface area contributed by atoms with Crippen LogP contribution < -0.4 is 16.4 Å². The van der Waals surface area contributed by atoms with Crippen LogP contribution in [0.4, 0.5) is 0 Å². The summed E-state index contributed by atoms with van der Waals surface area (Å²) in [5.41, 5.74) is -1.59. The maximum absolute atomic E-state index is 15.8. The molecule has 21 nitrogen and oxygen atoms in total. The molecule has 426 valence electrons. The van der Waals surface area contributed by atoms with E-state index in [2.05, 4.69) is 10.6 Å². The SMILES string of the molecule is CC(=O)O[C@H]1C(=O)[C@@]2(C)C(C(COC(=O)c3ccccc3)[C@]3(O)CC(OC(=O)C(OC(=O)CCC(=O)NCCOCCOCCN)C(NC(=O)c4ccccc4)c4ccccc4)C(C)=C1C3(C)C)[C@]1(OC(C)=O)CO[C@@H]1C[C@@H]2O. The highest BCUT2D eigenvalue weighted by molar-refractivity contribution is 5.96. The fourth-order valence-electron chi connectivity index (χ4n) is 11.9. The van der Waals surface area contributed by atoms with Gasteiger partial charge in [-0.2, -0.15) is 0 Å². The first kappa shape index (κ1) is 59.8. The van der Waals surface area contributed by atoms with E-state index in [1.54, 1.807) is 80.6 Å². The Morgan fingerprint density at radius 2 is 1.43 bits per heavy atom. The minimum Gasteiger partial charge on any atom is -0.462 e. The lowest BCUT2D eigenvalue weighted by atomic mass is 9.42. The summed E-state index contributed by atoms with van der Waals surface area (Å²) in [7, 11) is 0. The zero-order valence-corrected chi connectivity index (χ0v) is 45.3. The van der Waals surface area contributed by atoms with Crippen LogP contribution in [0.1, 0.15) is 99.5 Å². The largest absolute Gasteiger partial charge is 0.462 e. The second-order valence-corrected chi connectivity index (χ2v) is 21.1. The Morgan fingerprint density at radius 3 is 2.03 bits per heavy atom. The minimum absolute atomic E-state index is 0.0131. The van der Waals surface area contributed by atoms with Crippen molar-refractivity contribution in [1.29, 1.82) is 0 Å². The molecule has 79 heavy (non-hydrogen) atoms. The van der Waals surface area contributed by atoms with Crippen molar-refractivity contribution in [1.82, 2.24) is 10.6 Å². The number of ether oxygens (including phenoxy) is 8. The van der Waals surface area contributed by atoms with Gasteiger partial charge >= 0.3 is 29.8 Å². The molecule has 1 aliphatic heterocycles. The molecule has 2 saturated carbocycles. The molecule has 11 atom stereocenters. The predicted molar refractivity (Wildman–Crippen MR) is 279 cm³/mol. The van der Waals surface area contributed by atoms with Gasteiger partial charge in [-0.1, -0.05) is 80.6 Å². The molecule has 3 aromatic carbocycles. The number of nitrogens with one attached hydrogen (secondary N) is 2. The van der Waals surface area contributed by atoms with Crippen molar-refractivity contribution in [3.05, 3.63) is 119 Å². The van der Waals surface area contributed by atoms with E-state index in [4.69, 9.17) is 43.6 Å². The molecule has 4 aliphatic rings. The molecule has 3 fully saturated rings. The van der Waals surface area contributed by atoms with Crippen LogP contribution in [0.5, 0.6) is 0 Å². The highest BCUT2D eigenvalue weighted by Gasteiger charge is 2.77. The van der Waals surface area contributed by atoms with Crippen LogP contribution >= 0.6 is 0 Å². The molecule has 3 aliphatic carbocycles. The van der Waals surface area contributed by atoms with Crippen LogP contribution in [-0.2, 0) is 66.7 Å². The van der Waals surface area contributed by atoms with E-state index in [1.165, 1.54) is 38.1 Å². The number of aliphatic hydroxyl groups is 2. The smallest absolute Gasteiger partial charge is 0.350 e. The number of nitrogens with two attached hydrogens (primary N) is 1. The van der Waals surface area contributed by atoms with Crippen molar-refractivity contribution in [3.8, 4) is 0 Å². The molecule has 2 bridgehead atoms. The highest BCUT2D eigenvalue weighted by Crippen LogP contribution is 2.66. The number of carbonyl (C=O) groups excluding carboxylic acids is 8. The van der Waals surface area contributed by atoms with Crippen LogP contribution in [0.2, 0.25) is 0 Å². The Labute approximate surface area is 458 Å². The van der Waals surface area contributed by atoms with Crippen LogP contribution in [0, 0.1) is 22.7 Å². The van der Waals surface area contributed by atoms with Crippen LogP contribution in [0.25, 0.3) is 0 Å². The molecular formula is C58H71N3O18. The number of esters is 5. The molecule has 7 rings (SSSR count). The van der Waals surface area contributed by atoms with E-state index in [0.717, 1.165) is 13.8 Å². The number of hydrogen-bond donors (Lipinski definition) is 5. The topological polar surface area (TPSA) is 301 Å². The second-order valence-electron chi connectivity index (χ2n) is 21.1. The molecule has 5 unspecified atom stereocenters. The molecule has 21 heteroatoms. The average Bonchev–Trinajstić information content (AvgIpc) is 3.40. The molecule has 0 aromatic heterocycles. The van der Waals surface area contributed by atoms with Gasteiger partial charge in [0.1, 0.15) is 18.2 Å². The highest BCUT2D eigenvalue weighted by atomic mass is 16.6. The number of rotatable bonds is 23.